The first-order chi connectivity index (χ1) is 18.3. The summed E-state index contributed by atoms with van der Waals surface area (Å²) in [5, 5.41) is 3.07. The fourth-order valence-corrected chi connectivity index (χ4v) is 4.74. The maximum atomic E-state index is 13.7. The van der Waals surface area contributed by atoms with E-state index >= 15 is 0 Å². The number of rotatable bonds is 6. The molecule has 39 heavy (non-hydrogen) atoms. The van der Waals surface area contributed by atoms with Gasteiger partial charge >= 0.3 is 12.4 Å². The number of halogens is 6. The number of amides is 1. The minimum atomic E-state index is -4.92. The molecule has 3 rings (SSSR count). The van der Waals surface area contributed by atoms with Gasteiger partial charge in [-0.25, -0.2) is 0 Å². The number of carbonyl (C=O) groups excluding carboxylic acids is 1. The van der Waals surface area contributed by atoms with E-state index < -0.39 is 29.5 Å². The second kappa shape index (κ2) is 12.7. The highest BCUT2D eigenvalue weighted by Gasteiger charge is 2.37. The predicted octanol–water partition coefficient (Wildman–Crippen LogP) is 4.68. The smallest absolute Gasteiger partial charge is 0.359 e. The van der Waals surface area contributed by atoms with Gasteiger partial charge in [0.05, 0.1) is 11.1 Å². The van der Waals surface area contributed by atoms with Gasteiger partial charge in [-0.05, 0) is 42.2 Å². The normalized spacial score (nSPS) is 16.5. The highest BCUT2D eigenvalue weighted by molar-refractivity contribution is 5.83. The van der Waals surface area contributed by atoms with E-state index in [4.69, 9.17) is 0 Å². The van der Waals surface area contributed by atoms with Gasteiger partial charge in [0.2, 0.25) is 5.91 Å². The van der Waals surface area contributed by atoms with Crippen LogP contribution in [0.5, 0.6) is 0 Å². The summed E-state index contributed by atoms with van der Waals surface area (Å²) in [5.41, 5.74) is -2.11. The first-order valence-electron chi connectivity index (χ1n) is 12.6. The second-order valence-corrected chi connectivity index (χ2v) is 9.41. The molecule has 2 aromatic rings. The molecule has 1 saturated heterocycles. The van der Waals surface area contributed by atoms with Crippen LogP contribution < -0.4 is 5.32 Å². The molecule has 1 N–H and O–H groups in total. The molecular formula is C27H33F6N5O. The summed E-state index contributed by atoms with van der Waals surface area (Å²) in [6.07, 6.45) is -9.24. The van der Waals surface area contributed by atoms with E-state index in [1.54, 1.807) is 14.1 Å². The van der Waals surface area contributed by atoms with Gasteiger partial charge in [-0.2, -0.15) is 26.3 Å². The van der Waals surface area contributed by atoms with Crippen molar-refractivity contribution in [2.24, 2.45) is 4.99 Å². The number of carbonyl (C=O) groups is 1. The molecule has 0 bridgehead atoms. The third-order valence-electron chi connectivity index (χ3n) is 6.74. The Morgan fingerprint density at radius 2 is 1.59 bits per heavy atom. The van der Waals surface area contributed by atoms with E-state index in [2.05, 4.69) is 20.1 Å². The van der Waals surface area contributed by atoms with Crippen LogP contribution in [-0.2, 0) is 23.6 Å². The van der Waals surface area contributed by atoms with E-state index in [0.717, 1.165) is 24.5 Å². The molecule has 0 saturated carbocycles. The Morgan fingerprint density at radius 3 is 2.13 bits per heavy atom. The van der Waals surface area contributed by atoms with Crippen molar-refractivity contribution in [3.8, 4) is 0 Å². The Balaban J connectivity index is 1.81. The lowest BCUT2D eigenvalue weighted by atomic mass is 10.0. The predicted molar refractivity (Wildman–Crippen MR) is 137 cm³/mol. The number of nitrogens with zero attached hydrogens (tertiary/aromatic N) is 4. The van der Waals surface area contributed by atoms with Crippen molar-refractivity contribution in [3.05, 3.63) is 70.8 Å². The van der Waals surface area contributed by atoms with E-state index in [-0.39, 0.29) is 30.5 Å². The maximum absolute atomic E-state index is 13.7. The summed E-state index contributed by atoms with van der Waals surface area (Å²) >= 11 is 0. The largest absolute Gasteiger partial charge is 0.416 e. The Morgan fingerprint density at radius 1 is 0.974 bits per heavy atom. The minimum absolute atomic E-state index is 0.0485. The highest BCUT2D eigenvalue weighted by Crippen LogP contribution is 2.36. The zero-order chi connectivity index (χ0) is 28.8. The van der Waals surface area contributed by atoms with Gasteiger partial charge in [-0.1, -0.05) is 30.3 Å². The van der Waals surface area contributed by atoms with Crippen molar-refractivity contribution >= 4 is 11.9 Å². The van der Waals surface area contributed by atoms with Gasteiger partial charge in [-0.3, -0.25) is 14.7 Å². The summed E-state index contributed by atoms with van der Waals surface area (Å²) in [7, 11) is 5.00. The lowest BCUT2D eigenvalue weighted by Gasteiger charge is -2.33. The second-order valence-electron chi connectivity index (χ2n) is 9.41. The Kier molecular flexibility index (Phi) is 9.87. The minimum Gasteiger partial charge on any atom is -0.359 e. The molecule has 1 heterocycles. The third kappa shape index (κ3) is 7.87. The van der Waals surface area contributed by atoms with Crippen LogP contribution >= 0.6 is 0 Å². The molecule has 6 nitrogen and oxygen atoms in total. The molecule has 1 fully saturated rings. The molecule has 2 aromatic carbocycles. The molecule has 0 aromatic heterocycles. The number of aliphatic imine (C=N–C) groups is 1. The van der Waals surface area contributed by atoms with Gasteiger partial charge in [0.15, 0.2) is 5.96 Å². The molecule has 214 valence electrons. The van der Waals surface area contributed by atoms with E-state index in [0.29, 0.717) is 31.8 Å². The topological polar surface area (TPSA) is 51.2 Å². The van der Waals surface area contributed by atoms with E-state index in [1.165, 1.54) is 11.9 Å². The zero-order valence-electron chi connectivity index (χ0n) is 22.1. The van der Waals surface area contributed by atoms with Gasteiger partial charge < -0.3 is 15.1 Å². The number of guanidine groups is 1. The summed E-state index contributed by atoms with van der Waals surface area (Å²) < 4.78 is 79.6. The lowest BCUT2D eigenvalue weighted by Crippen LogP contribution is -2.45. The summed E-state index contributed by atoms with van der Waals surface area (Å²) in [6, 6.07) is 10.0. The molecule has 1 amide bonds. The number of hydrogen-bond donors (Lipinski definition) is 1. The molecular weight excluding hydrogens is 524 g/mol. The van der Waals surface area contributed by atoms with Crippen molar-refractivity contribution in [2.75, 3.05) is 53.9 Å². The van der Waals surface area contributed by atoms with Crippen molar-refractivity contribution in [1.29, 1.82) is 0 Å². The van der Waals surface area contributed by atoms with Crippen LogP contribution in [0.25, 0.3) is 0 Å². The fourth-order valence-electron chi connectivity index (χ4n) is 4.74. The van der Waals surface area contributed by atoms with Gasteiger partial charge in [0.25, 0.3) is 0 Å². The number of hydrogen-bond acceptors (Lipinski definition) is 3. The number of likely N-dealkylation sites (N-methyl/N-ethyl adjacent to an activating group) is 1. The molecule has 1 aliphatic heterocycles. The van der Waals surface area contributed by atoms with Crippen molar-refractivity contribution in [3.63, 3.8) is 0 Å². The molecule has 1 aliphatic rings. The van der Waals surface area contributed by atoms with Gasteiger partial charge in [-0.15, -0.1) is 0 Å². The maximum Gasteiger partial charge on any atom is 0.416 e. The molecule has 1 unspecified atom stereocenters. The average molecular weight is 558 g/mol. The quantitative estimate of drug-likeness (QED) is 0.319. The SMILES string of the molecule is CN=C(NC)N1CCCN(C(C(=O)N(C)CCc2cc(C(F)(F)F)cc(C(F)(F)F)c2)c2ccccc2)CC1. The fraction of sp³-hybridized carbons (Fsp3) is 0.481. The zero-order valence-corrected chi connectivity index (χ0v) is 22.1. The van der Waals surface area contributed by atoms with Crippen LogP contribution in [0.2, 0.25) is 0 Å². The Bertz CT molecular complexity index is 1100. The van der Waals surface area contributed by atoms with E-state index in [9.17, 15) is 31.1 Å². The number of nitrogens with one attached hydrogen (secondary N) is 1. The van der Waals surface area contributed by atoms with Crippen LogP contribution in [0.1, 0.15) is 34.7 Å². The molecule has 0 spiro atoms. The Labute approximate surface area is 224 Å². The first-order valence-corrected chi connectivity index (χ1v) is 12.6. The van der Waals surface area contributed by atoms with Crippen LogP contribution in [0.4, 0.5) is 26.3 Å². The summed E-state index contributed by atoms with van der Waals surface area (Å²) in [5.74, 6) is 0.464. The van der Waals surface area contributed by atoms with Crippen LogP contribution in [-0.4, -0.2) is 80.4 Å². The van der Waals surface area contributed by atoms with Crippen LogP contribution in [0.15, 0.2) is 53.5 Å². The highest BCUT2D eigenvalue weighted by atomic mass is 19.4. The lowest BCUT2D eigenvalue weighted by molar-refractivity contribution is -0.143. The Hall–Kier alpha value is -3.28. The van der Waals surface area contributed by atoms with Crippen molar-refractivity contribution in [2.45, 2.75) is 31.2 Å². The summed E-state index contributed by atoms with van der Waals surface area (Å²) in [6.45, 7) is 2.50. The van der Waals surface area contributed by atoms with Crippen molar-refractivity contribution < 1.29 is 31.1 Å². The average Bonchev–Trinajstić information content (AvgIpc) is 3.14. The summed E-state index contributed by atoms with van der Waals surface area (Å²) in [4.78, 5) is 23.5. The monoisotopic (exact) mass is 557 g/mol. The van der Waals surface area contributed by atoms with E-state index in [1.807, 2.05) is 30.3 Å². The third-order valence-corrected chi connectivity index (χ3v) is 6.74. The van der Waals surface area contributed by atoms with Crippen LogP contribution in [0, 0.1) is 0 Å². The number of benzene rings is 2. The van der Waals surface area contributed by atoms with Crippen LogP contribution in [0.3, 0.4) is 0 Å². The first kappa shape index (κ1) is 30.3. The molecule has 1 atom stereocenters. The standard InChI is InChI=1S/C27H33F6N5O/c1-34-25(35-2)38-12-7-11-37(14-15-38)23(20-8-5-4-6-9-20)24(39)36(3)13-10-19-16-21(26(28,29)30)18-22(17-19)27(31,32)33/h4-6,8-9,16-18,23H,7,10-15H2,1-3H3,(H,34,35). The van der Waals surface area contributed by atoms with Crippen molar-refractivity contribution in [1.82, 2.24) is 20.0 Å². The van der Waals surface area contributed by atoms with Gasteiger partial charge in [0, 0.05) is 53.9 Å². The molecule has 0 aliphatic carbocycles. The molecule has 12 heteroatoms. The molecule has 0 radical (unpaired) electrons. The number of alkyl halides is 6. The van der Waals surface area contributed by atoms with Gasteiger partial charge in [0.1, 0.15) is 6.04 Å².